The number of halogens is 1. The molecule has 112 valence electrons. The minimum atomic E-state index is 0.563. The predicted molar refractivity (Wildman–Crippen MR) is 94.8 cm³/mol. The van der Waals surface area contributed by atoms with Gasteiger partial charge in [0.05, 0.1) is 0 Å². The van der Waals surface area contributed by atoms with Gasteiger partial charge in [0.15, 0.2) is 5.58 Å². The zero-order valence-electron chi connectivity index (χ0n) is 12.1. The largest absolute Gasteiger partial charge is 0.457 e. The maximum absolute atomic E-state index is 5.83. The van der Waals surface area contributed by atoms with Crippen molar-refractivity contribution in [1.82, 2.24) is 4.98 Å². The average Bonchev–Trinajstić information content (AvgIpc) is 3.20. The molecule has 0 amide bonds. The summed E-state index contributed by atoms with van der Waals surface area (Å²) in [5, 5.41) is 0. The first-order valence-electron chi connectivity index (χ1n) is 7.17. The zero-order chi connectivity index (χ0) is 15.6. The van der Waals surface area contributed by atoms with E-state index in [1.807, 2.05) is 72.8 Å². The summed E-state index contributed by atoms with van der Waals surface area (Å²) in [6, 6.07) is 19.6. The van der Waals surface area contributed by atoms with E-state index in [4.69, 9.17) is 8.83 Å². The molecule has 0 aliphatic carbocycles. The summed E-state index contributed by atoms with van der Waals surface area (Å²) in [7, 11) is 0. The molecule has 3 nitrogen and oxygen atoms in total. The standard InChI is InChI=1S/C19H12BrNO2/c20-14-7-5-13(6-8-14)17-11-9-15(22-17)10-12-19-21-16-3-1-2-4-18(16)23-19/h1-12H/b12-10+. The number of rotatable bonds is 3. The molecule has 2 heterocycles. The molecule has 23 heavy (non-hydrogen) atoms. The molecule has 0 unspecified atom stereocenters. The molecule has 0 spiro atoms. The Bertz CT molecular complexity index is 947. The molecular weight excluding hydrogens is 354 g/mol. The summed E-state index contributed by atoms with van der Waals surface area (Å²) in [5.74, 6) is 2.15. The Kier molecular flexibility index (Phi) is 3.60. The van der Waals surface area contributed by atoms with Gasteiger partial charge in [0.2, 0.25) is 5.89 Å². The topological polar surface area (TPSA) is 39.2 Å². The van der Waals surface area contributed by atoms with Crippen LogP contribution in [0.3, 0.4) is 0 Å². The molecular formula is C19H12BrNO2. The van der Waals surface area contributed by atoms with Crippen LogP contribution < -0.4 is 0 Å². The van der Waals surface area contributed by atoms with Crippen LogP contribution in [-0.4, -0.2) is 4.98 Å². The molecule has 0 aliphatic rings. The van der Waals surface area contributed by atoms with E-state index in [0.717, 1.165) is 32.7 Å². The number of oxazole rings is 1. The van der Waals surface area contributed by atoms with Gasteiger partial charge in [-0.05, 0) is 42.5 Å². The normalized spacial score (nSPS) is 11.5. The zero-order valence-corrected chi connectivity index (χ0v) is 13.7. The number of benzene rings is 2. The fraction of sp³-hybridized carbons (Fsp3) is 0. The third-order valence-electron chi connectivity index (χ3n) is 3.46. The molecule has 0 aliphatic heterocycles. The van der Waals surface area contributed by atoms with Crippen LogP contribution in [0.4, 0.5) is 0 Å². The highest BCUT2D eigenvalue weighted by Gasteiger charge is 2.04. The van der Waals surface area contributed by atoms with Crippen molar-refractivity contribution in [3.63, 3.8) is 0 Å². The number of para-hydroxylation sites is 2. The predicted octanol–water partition coefficient (Wildman–Crippen LogP) is 6.02. The molecule has 0 N–H and O–H groups in total. The van der Waals surface area contributed by atoms with Crippen molar-refractivity contribution >= 4 is 39.2 Å². The van der Waals surface area contributed by atoms with Gasteiger partial charge in [0, 0.05) is 16.1 Å². The van der Waals surface area contributed by atoms with Crippen LogP contribution in [0.2, 0.25) is 0 Å². The van der Waals surface area contributed by atoms with Crippen molar-refractivity contribution in [2.75, 3.05) is 0 Å². The molecule has 2 aromatic carbocycles. The number of aromatic nitrogens is 1. The highest BCUT2D eigenvalue weighted by atomic mass is 79.9. The summed E-state index contributed by atoms with van der Waals surface area (Å²) >= 11 is 3.43. The molecule has 2 aromatic heterocycles. The van der Waals surface area contributed by atoms with Gasteiger partial charge in [-0.1, -0.05) is 40.2 Å². The molecule has 4 aromatic rings. The summed E-state index contributed by atoms with van der Waals surface area (Å²) in [5.41, 5.74) is 2.67. The Morgan fingerprint density at radius 1 is 0.826 bits per heavy atom. The monoisotopic (exact) mass is 365 g/mol. The van der Waals surface area contributed by atoms with E-state index in [-0.39, 0.29) is 0 Å². The van der Waals surface area contributed by atoms with Crippen LogP contribution in [0.25, 0.3) is 34.6 Å². The molecule has 0 radical (unpaired) electrons. The van der Waals surface area contributed by atoms with E-state index in [1.165, 1.54) is 0 Å². The fourth-order valence-corrected chi connectivity index (χ4v) is 2.59. The molecule has 0 atom stereocenters. The van der Waals surface area contributed by atoms with Crippen LogP contribution in [0.5, 0.6) is 0 Å². The van der Waals surface area contributed by atoms with Gasteiger partial charge in [-0.25, -0.2) is 4.98 Å². The van der Waals surface area contributed by atoms with Gasteiger partial charge in [-0.15, -0.1) is 0 Å². The van der Waals surface area contributed by atoms with Crippen LogP contribution in [0.15, 0.2) is 74.0 Å². The number of hydrogen-bond donors (Lipinski definition) is 0. The molecule has 0 saturated carbocycles. The van der Waals surface area contributed by atoms with E-state index in [0.29, 0.717) is 5.89 Å². The maximum Gasteiger partial charge on any atom is 0.220 e. The fourth-order valence-electron chi connectivity index (χ4n) is 2.33. The molecule has 0 fully saturated rings. The first kappa shape index (κ1) is 14.0. The quantitative estimate of drug-likeness (QED) is 0.445. The summed E-state index contributed by atoms with van der Waals surface area (Å²) in [6.07, 6.45) is 3.66. The van der Waals surface area contributed by atoms with Crippen LogP contribution >= 0.6 is 15.9 Å². The van der Waals surface area contributed by atoms with Gasteiger partial charge >= 0.3 is 0 Å². The van der Waals surface area contributed by atoms with Crippen molar-refractivity contribution in [2.24, 2.45) is 0 Å². The van der Waals surface area contributed by atoms with E-state index in [9.17, 15) is 0 Å². The first-order chi connectivity index (χ1) is 11.3. The average molecular weight is 366 g/mol. The Labute approximate surface area is 141 Å². The van der Waals surface area contributed by atoms with Crippen molar-refractivity contribution in [2.45, 2.75) is 0 Å². The number of hydrogen-bond acceptors (Lipinski definition) is 3. The molecule has 4 heteroatoms. The Balaban J connectivity index is 1.58. The van der Waals surface area contributed by atoms with Crippen LogP contribution in [0, 0.1) is 0 Å². The van der Waals surface area contributed by atoms with Crippen molar-refractivity contribution < 1.29 is 8.83 Å². The van der Waals surface area contributed by atoms with Crippen molar-refractivity contribution in [1.29, 1.82) is 0 Å². The summed E-state index contributed by atoms with van der Waals surface area (Å²) in [6.45, 7) is 0. The Morgan fingerprint density at radius 2 is 1.65 bits per heavy atom. The molecule has 0 bridgehead atoms. The minimum Gasteiger partial charge on any atom is -0.457 e. The highest BCUT2D eigenvalue weighted by molar-refractivity contribution is 9.10. The first-order valence-corrected chi connectivity index (χ1v) is 7.97. The van der Waals surface area contributed by atoms with Crippen molar-refractivity contribution in [3.8, 4) is 11.3 Å². The molecule has 4 rings (SSSR count). The van der Waals surface area contributed by atoms with E-state index >= 15 is 0 Å². The number of nitrogens with zero attached hydrogens (tertiary/aromatic N) is 1. The number of fused-ring (bicyclic) bond motifs is 1. The van der Waals surface area contributed by atoms with Gasteiger partial charge in [0.1, 0.15) is 17.0 Å². The van der Waals surface area contributed by atoms with Gasteiger partial charge in [0.25, 0.3) is 0 Å². The SMILES string of the molecule is Brc1ccc(-c2ccc(/C=C/c3nc4ccccc4o3)o2)cc1. The highest BCUT2D eigenvalue weighted by Crippen LogP contribution is 2.25. The second-order valence-corrected chi connectivity index (χ2v) is 5.98. The second-order valence-electron chi connectivity index (χ2n) is 5.06. The van der Waals surface area contributed by atoms with Gasteiger partial charge < -0.3 is 8.83 Å². The van der Waals surface area contributed by atoms with Crippen LogP contribution in [0.1, 0.15) is 11.7 Å². The van der Waals surface area contributed by atoms with E-state index < -0.39 is 0 Å². The minimum absolute atomic E-state index is 0.563. The van der Waals surface area contributed by atoms with Gasteiger partial charge in [-0.2, -0.15) is 0 Å². The number of furan rings is 1. The van der Waals surface area contributed by atoms with E-state index in [2.05, 4.69) is 20.9 Å². The third kappa shape index (κ3) is 2.98. The Morgan fingerprint density at radius 3 is 2.48 bits per heavy atom. The lowest BCUT2D eigenvalue weighted by molar-refractivity contribution is 0.570. The lowest BCUT2D eigenvalue weighted by atomic mass is 10.2. The second kappa shape index (κ2) is 5.89. The van der Waals surface area contributed by atoms with Gasteiger partial charge in [-0.3, -0.25) is 0 Å². The summed E-state index contributed by atoms with van der Waals surface area (Å²) in [4.78, 5) is 4.40. The Hall–Kier alpha value is -2.59. The maximum atomic E-state index is 5.83. The van der Waals surface area contributed by atoms with Crippen molar-refractivity contribution in [3.05, 3.63) is 76.8 Å². The van der Waals surface area contributed by atoms with Crippen LogP contribution in [-0.2, 0) is 0 Å². The smallest absolute Gasteiger partial charge is 0.220 e. The summed E-state index contributed by atoms with van der Waals surface area (Å²) < 4.78 is 12.5. The lowest BCUT2D eigenvalue weighted by Gasteiger charge is -1.96. The van der Waals surface area contributed by atoms with E-state index in [1.54, 1.807) is 0 Å². The third-order valence-corrected chi connectivity index (χ3v) is 3.98. The lowest BCUT2D eigenvalue weighted by Crippen LogP contribution is -1.72. The molecule has 0 saturated heterocycles.